The van der Waals surface area contributed by atoms with Gasteiger partial charge in [-0.25, -0.2) is 0 Å². The normalized spacial score (nSPS) is 9.89. The summed E-state index contributed by atoms with van der Waals surface area (Å²) in [6.07, 6.45) is 0. The Morgan fingerprint density at radius 2 is 2.22 bits per heavy atom. The topological polar surface area (TPSA) is 17.1 Å². The van der Waals surface area contributed by atoms with Crippen LogP contribution in [0.2, 0.25) is 0 Å². The molecule has 46 valence electrons. The average Bonchev–Trinajstić information content (AvgIpc) is 1.88. The summed E-state index contributed by atoms with van der Waals surface area (Å²) in [6.45, 7) is 0. The van der Waals surface area contributed by atoms with Gasteiger partial charge in [0.05, 0.1) is 0 Å². The maximum atomic E-state index is 10.3. The van der Waals surface area contributed by atoms with Gasteiger partial charge in [0.25, 0.3) is 0 Å². The summed E-state index contributed by atoms with van der Waals surface area (Å²) in [5, 5.41) is 0.835. The first-order valence-electron chi connectivity index (χ1n) is 2.42. The molecule has 9 heavy (non-hydrogen) atoms. The molecule has 0 unspecified atom stereocenters. The fourth-order valence-electron chi connectivity index (χ4n) is 0.533. The van der Waals surface area contributed by atoms with Crippen LogP contribution in [0.25, 0.3) is 0 Å². The lowest BCUT2D eigenvalue weighted by Crippen LogP contribution is -1.88. The summed E-state index contributed by atoms with van der Waals surface area (Å²) < 4.78 is 11.4. The number of halogens is 1. The van der Waals surface area contributed by atoms with Crippen LogP contribution in [0.1, 0.15) is 0 Å². The quantitative estimate of drug-likeness (QED) is 0.551. The van der Waals surface area contributed by atoms with E-state index in [1.807, 2.05) is 24.3 Å². The molecule has 0 radical (unpaired) electrons. The molecule has 0 atom stereocenters. The first kappa shape index (κ1) is 7.16. The number of hydrogen-bond donors (Lipinski definition) is 0. The molecular formula is C6H4IOP. The van der Waals surface area contributed by atoms with E-state index in [9.17, 15) is 4.57 Å². The van der Waals surface area contributed by atoms with Gasteiger partial charge in [0.1, 0.15) is 0 Å². The summed E-state index contributed by atoms with van der Waals surface area (Å²) in [6, 6.07) is 7.57. The molecule has 1 nitrogen and oxygen atoms in total. The average molecular weight is 250 g/mol. The molecule has 0 N–H and O–H groups in total. The third-order valence-corrected chi connectivity index (χ3v) is 2.07. The van der Waals surface area contributed by atoms with Gasteiger partial charge in [-0.3, -0.25) is 4.57 Å². The van der Waals surface area contributed by atoms with Crippen LogP contribution in [0.4, 0.5) is 0 Å². The molecule has 0 aliphatic rings. The van der Waals surface area contributed by atoms with E-state index in [0.717, 1.165) is 8.87 Å². The second-order valence-electron chi connectivity index (χ2n) is 1.57. The van der Waals surface area contributed by atoms with Crippen LogP contribution in [0, 0.1) is 3.57 Å². The number of rotatable bonds is 1. The molecule has 0 saturated heterocycles. The zero-order valence-electron chi connectivity index (χ0n) is 4.54. The highest BCUT2D eigenvalue weighted by Crippen LogP contribution is 2.03. The third kappa shape index (κ3) is 2.03. The molecule has 0 aliphatic carbocycles. The molecule has 0 fully saturated rings. The smallest absolute Gasteiger partial charge is 0.192 e. The zero-order valence-corrected chi connectivity index (χ0v) is 7.59. The van der Waals surface area contributed by atoms with E-state index in [4.69, 9.17) is 0 Å². The fraction of sp³-hybridized carbons (Fsp3) is 0. The molecule has 0 spiro atoms. The largest absolute Gasteiger partial charge is 0.269 e. The summed E-state index contributed by atoms with van der Waals surface area (Å²) in [7, 11) is 0.0999. The van der Waals surface area contributed by atoms with Gasteiger partial charge >= 0.3 is 0 Å². The van der Waals surface area contributed by atoms with Crippen LogP contribution in [0.5, 0.6) is 0 Å². The minimum absolute atomic E-state index is 0.0999. The van der Waals surface area contributed by atoms with Gasteiger partial charge in [-0.15, -0.1) is 0 Å². The second kappa shape index (κ2) is 3.28. The highest BCUT2D eigenvalue weighted by Gasteiger charge is 1.88. The Kier molecular flexibility index (Phi) is 2.61. The monoisotopic (exact) mass is 250 g/mol. The molecule has 3 heteroatoms. The fourth-order valence-corrected chi connectivity index (χ4v) is 1.66. The van der Waals surface area contributed by atoms with Crippen LogP contribution in [-0.4, -0.2) is 0 Å². The summed E-state index contributed by atoms with van der Waals surface area (Å²) in [5.41, 5.74) is 0. The van der Waals surface area contributed by atoms with Gasteiger partial charge in [0.2, 0.25) is 0 Å². The predicted octanol–water partition coefficient (Wildman–Crippen LogP) is 2.21. The van der Waals surface area contributed by atoms with Gasteiger partial charge in [0.15, 0.2) is 8.46 Å². The van der Waals surface area contributed by atoms with Crippen molar-refractivity contribution >= 4 is 36.4 Å². The molecule has 1 aromatic rings. The van der Waals surface area contributed by atoms with Crippen LogP contribution in [-0.2, 0) is 4.57 Å². The second-order valence-corrected chi connectivity index (χ2v) is 3.52. The van der Waals surface area contributed by atoms with Crippen molar-refractivity contribution in [2.45, 2.75) is 0 Å². The van der Waals surface area contributed by atoms with Crippen molar-refractivity contribution < 1.29 is 4.57 Å². The lowest BCUT2D eigenvalue weighted by molar-refractivity contribution is 0.603. The van der Waals surface area contributed by atoms with E-state index in [1.54, 1.807) is 0 Å². The van der Waals surface area contributed by atoms with E-state index in [-0.39, 0.29) is 8.46 Å². The number of benzene rings is 1. The third-order valence-electron chi connectivity index (χ3n) is 0.914. The molecule has 0 aliphatic heterocycles. The highest BCUT2D eigenvalue weighted by molar-refractivity contribution is 14.1. The molecule has 0 saturated carbocycles. The first-order valence-corrected chi connectivity index (χ1v) is 4.31. The Balaban J connectivity index is 3.07. The van der Waals surface area contributed by atoms with E-state index in [1.165, 1.54) is 0 Å². The molecule has 0 bridgehead atoms. The van der Waals surface area contributed by atoms with E-state index in [0.29, 0.717) is 0 Å². The summed E-state index contributed by atoms with van der Waals surface area (Å²) >= 11 is 2.19. The molecule has 1 aromatic carbocycles. The predicted molar refractivity (Wildman–Crippen MR) is 46.4 cm³/mol. The van der Waals surface area contributed by atoms with Crippen molar-refractivity contribution in [2.24, 2.45) is 0 Å². The SMILES string of the molecule is O=Pc1cccc(I)c1. The Morgan fingerprint density at radius 3 is 2.67 bits per heavy atom. The standard InChI is InChI=1S/C6H4IOP/c7-5-2-1-3-6(4-5)9-8/h1-4H. The van der Waals surface area contributed by atoms with Crippen molar-refractivity contribution in [1.29, 1.82) is 0 Å². The molecule has 0 aromatic heterocycles. The number of hydrogen-bond acceptors (Lipinski definition) is 1. The van der Waals surface area contributed by atoms with Crippen molar-refractivity contribution in [3.05, 3.63) is 27.8 Å². The summed E-state index contributed by atoms with van der Waals surface area (Å²) in [5.74, 6) is 0. The van der Waals surface area contributed by atoms with E-state index < -0.39 is 0 Å². The van der Waals surface area contributed by atoms with Crippen molar-refractivity contribution in [1.82, 2.24) is 0 Å². The van der Waals surface area contributed by atoms with Crippen LogP contribution < -0.4 is 5.30 Å². The van der Waals surface area contributed by atoms with Gasteiger partial charge in [-0.1, -0.05) is 6.07 Å². The highest BCUT2D eigenvalue weighted by atomic mass is 127. The maximum Gasteiger partial charge on any atom is 0.192 e. The molecule has 0 heterocycles. The molecular weight excluding hydrogens is 246 g/mol. The summed E-state index contributed by atoms with van der Waals surface area (Å²) in [4.78, 5) is 0. The van der Waals surface area contributed by atoms with E-state index in [2.05, 4.69) is 22.6 Å². The van der Waals surface area contributed by atoms with Crippen LogP contribution in [0.15, 0.2) is 24.3 Å². The van der Waals surface area contributed by atoms with Gasteiger partial charge < -0.3 is 0 Å². The van der Waals surface area contributed by atoms with Gasteiger partial charge in [-0.2, -0.15) is 0 Å². The van der Waals surface area contributed by atoms with Gasteiger partial charge in [0, 0.05) is 8.87 Å². The minimum atomic E-state index is 0.0999. The Bertz CT molecular complexity index is 224. The van der Waals surface area contributed by atoms with E-state index >= 15 is 0 Å². The van der Waals surface area contributed by atoms with Crippen molar-refractivity contribution in [3.8, 4) is 0 Å². The van der Waals surface area contributed by atoms with Crippen LogP contribution in [0.3, 0.4) is 0 Å². The van der Waals surface area contributed by atoms with Crippen molar-refractivity contribution in [3.63, 3.8) is 0 Å². The van der Waals surface area contributed by atoms with Gasteiger partial charge in [-0.05, 0) is 40.8 Å². The Labute approximate surface area is 68.8 Å². The Morgan fingerprint density at radius 1 is 1.44 bits per heavy atom. The van der Waals surface area contributed by atoms with Crippen molar-refractivity contribution in [2.75, 3.05) is 0 Å². The lowest BCUT2D eigenvalue weighted by Gasteiger charge is -1.87. The molecule has 1 rings (SSSR count). The zero-order chi connectivity index (χ0) is 6.69. The maximum absolute atomic E-state index is 10.3. The van der Waals surface area contributed by atoms with Crippen LogP contribution >= 0.6 is 31.1 Å². The Hall–Kier alpha value is 0.0500. The molecule has 0 amide bonds. The first-order chi connectivity index (χ1) is 4.33. The lowest BCUT2D eigenvalue weighted by atomic mass is 10.4. The minimum Gasteiger partial charge on any atom is -0.269 e.